The molecule has 1 heterocycles. The third-order valence-corrected chi connectivity index (χ3v) is 3.11. The summed E-state index contributed by atoms with van der Waals surface area (Å²) in [5.74, 6) is 0.890. The first kappa shape index (κ1) is 24.3. The number of rotatable bonds is 3. The predicted molar refractivity (Wildman–Crippen MR) is 91.2 cm³/mol. The maximum atomic E-state index is 10.3. The van der Waals surface area contributed by atoms with Gasteiger partial charge in [-0.25, -0.2) is 4.98 Å². The monoisotopic (exact) mass is 390 g/mol. The third kappa shape index (κ3) is 9.02. The van der Waals surface area contributed by atoms with E-state index < -0.39 is 0 Å². The maximum absolute atomic E-state index is 10.3. The van der Waals surface area contributed by atoms with Crippen molar-refractivity contribution in [1.82, 2.24) is 14.5 Å². The average Bonchev–Trinajstić information content (AvgIpc) is 2.78. The minimum atomic E-state index is 0. The minimum absolute atomic E-state index is 0. The Balaban J connectivity index is 0. The zero-order valence-electron chi connectivity index (χ0n) is 15.3. The van der Waals surface area contributed by atoms with E-state index >= 15 is 0 Å². The number of aromatic nitrogens is 2. The van der Waals surface area contributed by atoms with Gasteiger partial charge in [-0.1, -0.05) is 20.8 Å². The number of amides is 1. The molecule has 5 heteroatoms. The Labute approximate surface area is 166 Å². The Bertz CT molecular complexity index is 553. The van der Waals surface area contributed by atoms with E-state index in [1.54, 1.807) is 13.5 Å². The van der Waals surface area contributed by atoms with E-state index in [1.165, 1.54) is 10.5 Å². The fourth-order valence-corrected chi connectivity index (χ4v) is 1.65. The number of carbonyl (C=O) groups excluding carboxylic acids is 1. The van der Waals surface area contributed by atoms with Crippen LogP contribution in [0.25, 0.3) is 0 Å². The van der Waals surface area contributed by atoms with Crippen molar-refractivity contribution >= 4 is 6.41 Å². The van der Waals surface area contributed by atoms with Gasteiger partial charge in [-0.05, 0) is 20.9 Å². The molecule has 2 rings (SSSR count). The molecule has 4 nitrogen and oxygen atoms in total. The largest absolute Gasteiger partial charge is 0.520 e. The molecule has 0 saturated heterocycles. The predicted octanol–water partition coefficient (Wildman–Crippen LogP) is 3.35. The van der Waals surface area contributed by atoms with E-state index in [-0.39, 0.29) is 32.7 Å². The molecule has 125 valence electrons. The molecule has 0 saturated carbocycles. The van der Waals surface area contributed by atoms with Crippen molar-refractivity contribution in [3.8, 4) is 0 Å². The van der Waals surface area contributed by atoms with Crippen LogP contribution >= 0.6 is 0 Å². The second kappa shape index (κ2) is 13.4. The fraction of sp³-hybridized carbons (Fsp3) is 0.444. The molecule has 0 aliphatic rings. The van der Waals surface area contributed by atoms with Gasteiger partial charge < -0.3 is 14.3 Å². The summed E-state index contributed by atoms with van der Waals surface area (Å²) in [7, 11) is 3.63. The topological polar surface area (TPSA) is 38.1 Å². The normalized spacial score (nSPS) is 8.65. The Kier molecular flexibility index (Phi) is 14.2. The number of nitrogens with zero attached hydrogens (tertiary/aromatic N) is 3. The van der Waals surface area contributed by atoms with E-state index in [0.29, 0.717) is 6.54 Å². The smallest absolute Gasteiger partial charge is 0.125 e. The SMILES string of the molecule is CC.Cc1[c-]cccc1.Cc1nc(CN(C)[C-]=O)n(C)c1C.[Y]. The van der Waals surface area contributed by atoms with Crippen LogP contribution in [0.3, 0.4) is 0 Å². The minimum Gasteiger partial charge on any atom is -0.520 e. The summed E-state index contributed by atoms with van der Waals surface area (Å²) in [5.41, 5.74) is 3.34. The summed E-state index contributed by atoms with van der Waals surface area (Å²) >= 11 is 0. The van der Waals surface area contributed by atoms with Crippen LogP contribution in [0.2, 0.25) is 0 Å². The average molecular weight is 390 g/mol. The van der Waals surface area contributed by atoms with Gasteiger partial charge in [0.1, 0.15) is 5.82 Å². The summed E-state index contributed by atoms with van der Waals surface area (Å²) in [6.45, 7) is 10.5. The van der Waals surface area contributed by atoms with Crippen molar-refractivity contribution in [2.45, 2.75) is 41.2 Å². The van der Waals surface area contributed by atoms with E-state index in [1.807, 2.05) is 70.5 Å². The number of imidazole rings is 1. The Morgan fingerprint density at radius 2 is 1.87 bits per heavy atom. The van der Waals surface area contributed by atoms with Crippen LogP contribution in [0, 0.1) is 26.8 Å². The molecule has 0 N–H and O–H groups in total. The zero-order chi connectivity index (χ0) is 17.1. The third-order valence-electron chi connectivity index (χ3n) is 3.11. The van der Waals surface area contributed by atoms with Crippen LogP contribution < -0.4 is 0 Å². The molecule has 0 unspecified atom stereocenters. The van der Waals surface area contributed by atoms with Crippen molar-refractivity contribution in [3.63, 3.8) is 0 Å². The van der Waals surface area contributed by atoms with Crippen LogP contribution in [-0.2, 0) is 51.1 Å². The summed E-state index contributed by atoms with van der Waals surface area (Å²) in [5, 5.41) is 0. The molecule has 0 atom stereocenters. The van der Waals surface area contributed by atoms with E-state index in [4.69, 9.17) is 0 Å². The van der Waals surface area contributed by atoms with Gasteiger partial charge in [0, 0.05) is 52.0 Å². The molecule has 0 aliphatic carbocycles. The van der Waals surface area contributed by atoms with E-state index in [9.17, 15) is 4.79 Å². The van der Waals surface area contributed by atoms with Gasteiger partial charge in [-0.3, -0.25) is 0 Å². The Hall–Kier alpha value is -0.996. The second-order valence-corrected chi connectivity index (χ2v) is 4.75. The van der Waals surface area contributed by atoms with Crippen molar-refractivity contribution in [2.24, 2.45) is 7.05 Å². The molecular formula is C18H27N3OY-2. The van der Waals surface area contributed by atoms with Crippen LogP contribution in [0.4, 0.5) is 0 Å². The molecule has 1 amide bonds. The van der Waals surface area contributed by atoms with Crippen LogP contribution in [0.1, 0.15) is 36.6 Å². The molecule has 0 fully saturated rings. The summed E-state index contributed by atoms with van der Waals surface area (Å²) in [6.07, 6.45) is 1.80. The van der Waals surface area contributed by atoms with Gasteiger partial charge in [0.25, 0.3) is 0 Å². The fourth-order valence-electron chi connectivity index (χ4n) is 1.65. The number of hydrogen-bond donors (Lipinski definition) is 0. The van der Waals surface area contributed by atoms with Crippen LogP contribution in [0.15, 0.2) is 24.3 Å². The maximum Gasteiger partial charge on any atom is 0.125 e. The summed E-state index contributed by atoms with van der Waals surface area (Å²) in [4.78, 5) is 16.1. The van der Waals surface area contributed by atoms with E-state index in [0.717, 1.165) is 17.2 Å². The van der Waals surface area contributed by atoms with Gasteiger partial charge in [0.05, 0.1) is 5.69 Å². The molecule has 1 radical (unpaired) electrons. The van der Waals surface area contributed by atoms with Crippen molar-refractivity contribution in [2.75, 3.05) is 7.05 Å². The van der Waals surface area contributed by atoms with Crippen molar-refractivity contribution in [1.29, 1.82) is 0 Å². The molecule has 1 aromatic carbocycles. The number of aryl methyl sites for hydroxylation is 2. The standard InChI is InChI=1S/C9H14N3O.C7H7.C2H6.Y/c1-7-8(2)12(4)9(10-7)5-11(3)6-13;1-7-5-3-2-4-6-7;1-2;/h5H2,1-4H3;2-5H,1H3;1-2H3;/q2*-1;;. The molecule has 1 aromatic heterocycles. The molecule has 0 spiro atoms. The Morgan fingerprint density at radius 3 is 2.17 bits per heavy atom. The first-order valence-electron chi connectivity index (χ1n) is 7.46. The van der Waals surface area contributed by atoms with Gasteiger partial charge >= 0.3 is 0 Å². The van der Waals surface area contributed by atoms with Crippen LogP contribution in [0.5, 0.6) is 0 Å². The zero-order valence-corrected chi connectivity index (χ0v) is 18.2. The molecule has 23 heavy (non-hydrogen) atoms. The van der Waals surface area contributed by atoms with E-state index in [2.05, 4.69) is 11.1 Å². The van der Waals surface area contributed by atoms with Gasteiger partial charge in [0.15, 0.2) is 0 Å². The first-order valence-corrected chi connectivity index (χ1v) is 7.46. The van der Waals surface area contributed by atoms with Gasteiger partial charge in [0.2, 0.25) is 0 Å². The van der Waals surface area contributed by atoms with Gasteiger partial charge in [-0.2, -0.15) is 42.3 Å². The summed E-state index contributed by atoms with van der Waals surface area (Å²) < 4.78 is 1.99. The second-order valence-electron chi connectivity index (χ2n) is 4.75. The Morgan fingerprint density at radius 1 is 1.26 bits per heavy atom. The van der Waals surface area contributed by atoms with Crippen molar-refractivity contribution < 1.29 is 37.5 Å². The summed E-state index contributed by atoms with van der Waals surface area (Å²) in [6, 6.07) is 10.9. The molecule has 0 aliphatic heterocycles. The van der Waals surface area contributed by atoms with Gasteiger partial charge in [-0.15, -0.1) is 0 Å². The van der Waals surface area contributed by atoms with Crippen LogP contribution in [-0.4, -0.2) is 27.9 Å². The number of benzene rings is 1. The molecule has 2 aromatic rings. The number of hydrogen-bond acceptors (Lipinski definition) is 2. The van der Waals surface area contributed by atoms with Crippen molar-refractivity contribution in [3.05, 3.63) is 53.1 Å². The molecule has 0 bridgehead atoms. The quantitative estimate of drug-likeness (QED) is 0.596. The molecular weight excluding hydrogens is 363 g/mol. The first-order chi connectivity index (χ1) is 10.5.